The quantitative estimate of drug-likeness (QED) is 0.395. The van der Waals surface area contributed by atoms with Crippen molar-refractivity contribution in [2.24, 2.45) is 0 Å². The lowest BCUT2D eigenvalue weighted by molar-refractivity contribution is -0.134. The van der Waals surface area contributed by atoms with Gasteiger partial charge in [-0.3, -0.25) is 9.59 Å². The summed E-state index contributed by atoms with van der Waals surface area (Å²) >= 11 is 0. The third kappa shape index (κ3) is 4.22. The van der Waals surface area contributed by atoms with Crippen LogP contribution in [0.4, 0.5) is 21.0 Å². The van der Waals surface area contributed by atoms with E-state index in [9.17, 15) is 19.2 Å². The molecular formula is C32H36N2O6. The molecular weight excluding hydrogens is 508 g/mol. The number of amides is 4. The molecule has 0 fully saturated rings. The summed E-state index contributed by atoms with van der Waals surface area (Å²) < 4.78 is 11.3. The Morgan fingerprint density at radius 1 is 0.700 bits per heavy atom. The van der Waals surface area contributed by atoms with Crippen molar-refractivity contribution >= 4 is 35.4 Å². The molecule has 0 saturated carbocycles. The maximum atomic E-state index is 14.8. The number of ether oxygens (including phenoxy) is 2. The average Bonchev–Trinajstić information content (AvgIpc) is 3.24. The number of para-hydroxylation sites is 2. The second-order valence-corrected chi connectivity index (χ2v) is 12.1. The summed E-state index contributed by atoms with van der Waals surface area (Å²) in [5.41, 5.74) is -3.51. The molecule has 0 N–H and O–H groups in total. The molecule has 8 nitrogen and oxygen atoms in total. The van der Waals surface area contributed by atoms with Crippen LogP contribution < -0.4 is 9.80 Å². The zero-order valence-corrected chi connectivity index (χ0v) is 23.9. The summed E-state index contributed by atoms with van der Waals surface area (Å²) in [7, 11) is 0. The lowest BCUT2D eigenvalue weighted by Gasteiger charge is -2.43. The molecule has 2 aliphatic rings. The molecule has 40 heavy (non-hydrogen) atoms. The number of imide groups is 2. The smallest absolute Gasteiger partial charge is 0.421 e. The first-order chi connectivity index (χ1) is 18.7. The molecule has 0 aliphatic carbocycles. The molecule has 2 aliphatic heterocycles. The highest BCUT2D eigenvalue weighted by molar-refractivity contribution is 6.29. The number of rotatable bonds is 5. The third-order valence-corrected chi connectivity index (χ3v) is 7.13. The molecule has 8 heteroatoms. The largest absolute Gasteiger partial charge is 0.443 e. The van der Waals surface area contributed by atoms with Crippen molar-refractivity contribution in [2.75, 3.05) is 9.80 Å². The maximum Gasteiger partial charge on any atom is 0.421 e. The molecule has 0 saturated heterocycles. The Labute approximate surface area is 235 Å². The number of carbonyl (C=O) groups is 4. The minimum Gasteiger partial charge on any atom is -0.443 e. The Morgan fingerprint density at radius 3 is 1.32 bits per heavy atom. The number of fused-ring (bicyclic) bond motifs is 2. The number of hydrogen-bond acceptors (Lipinski definition) is 6. The number of nitrogens with zero attached hydrogens (tertiary/aromatic N) is 2. The van der Waals surface area contributed by atoms with Crippen LogP contribution in [0.3, 0.4) is 0 Å². The van der Waals surface area contributed by atoms with E-state index in [-0.39, 0.29) is 12.8 Å². The SMILES string of the molecule is C=CC[C@]1([C@@]2(CC=C)C(=O)N(C(=O)OC(C)(C)C)c3ccccc32)C(=O)N(C(=O)OC(C)(C)C)c2ccccc21. The van der Waals surface area contributed by atoms with Gasteiger partial charge in [0.2, 0.25) is 11.8 Å². The summed E-state index contributed by atoms with van der Waals surface area (Å²) in [6.07, 6.45) is 1.41. The fourth-order valence-corrected chi connectivity index (χ4v) is 5.87. The summed E-state index contributed by atoms with van der Waals surface area (Å²) in [5.74, 6) is -1.28. The van der Waals surface area contributed by atoms with Crippen molar-refractivity contribution < 1.29 is 28.7 Å². The van der Waals surface area contributed by atoms with Crippen molar-refractivity contribution in [1.29, 1.82) is 0 Å². The molecule has 0 spiro atoms. The van der Waals surface area contributed by atoms with E-state index in [0.717, 1.165) is 9.80 Å². The second-order valence-electron chi connectivity index (χ2n) is 12.1. The maximum absolute atomic E-state index is 14.8. The second kappa shape index (κ2) is 9.77. The molecule has 0 bridgehead atoms. The monoisotopic (exact) mass is 544 g/mol. The molecule has 4 amide bonds. The van der Waals surface area contributed by atoms with Gasteiger partial charge in [0, 0.05) is 0 Å². The van der Waals surface area contributed by atoms with Crippen LogP contribution in [0.25, 0.3) is 0 Å². The van der Waals surface area contributed by atoms with Gasteiger partial charge in [-0.1, -0.05) is 48.6 Å². The van der Waals surface area contributed by atoms with Crippen molar-refractivity contribution in [2.45, 2.75) is 76.4 Å². The highest BCUT2D eigenvalue weighted by Gasteiger charge is 2.71. The normalized spacial score (nSPS) is 22.1. The van der Waals surface area contributed by atoms with Gasteiger partial charge >= 0.3 is 12.2 Å². The summed E-state index contributed by atoms with van der Waals surface area (Å²) in [4.78, 5) is 58.6. The van der Waals surface area contributed by atoms with E-state index < -0.39 is 46.0 Å². The highest BCUT2D eigenvalue weighted by atomic mass is 16.6. The molecule has 0 aromatic heterocycles. The third-order valence-electron chi connectivity index (χ3n) is 7.13. The van der Waals surface area contributed by atoms with Gasteiger partial charge in [-0.2, -0.15) is 0 Å². The Balaban J connectivity index is 2.06. The summed E-state index contributed by atoms with van der Waals surface area (Å²) in [5, 5.41) is 0. The minimum atomic E-state index is -1.65. The molecule has 2 aromatic carbocycles. The zero-order chi connectivity index (χ0) is 29.7. The number of allylic oxidation sites excluding steroid dienone is 2. The predicted octanol–water partition coefficient (Wildman–Crippen LogP) is 6.58. The predicted molar refractivity (Wildman–Crippen MR) is 153 cm³/mol. The van der Waals surface area contributed by atoms with Crippen LogP contribution in [-0.2, 0) is 29.9 Å². The Hall–Kier alpha value is -4.20. The van der Waals surface area contributed by atoms with Gasteiger partial charge in [0.25, 0.3) is 0 Å². The zero-order valence-electron chi connectivity index (χ0n) is 23.9. The van der Waals surface area contributed by atoms with Crippen molar-refractivity contribution in [3.8, 4) is 0 Å². The molecule has 2 aromatic rings. The van der Waals surface area contributed by atoms with Crippen LogP contribution in [0.5, 0.6) is 0 Å². The highest BCUT2D eigenvalue weighted by Crippen LogP contribution is 2.61. The first-order valence-corrected chi connectivity index (χ1v) is 13.2. The first kappa shape index (κ1) is 28.8. The Kier molecular flexibility index (Phi) is 7.03. The first-order valence-electron chi connectivity index (χ1n) is 13.2. The van der Waals surface area contributed by atoms with Crippen LogP contribution >= 0.6 is 0 Å². The number of benzene rings is 2. The van der Waals surface area contributed by atoms with Crippen LogP contribution in [0.2, 0.25) is 0 Å². The lowest BCUT2D eigenvalue weighted by atomic mass is 9.54. The van der Waals surface area contributed by atoms with E-state index in [1.807, 2.05) is 0 Å². The van der Waals surface area contributed by atoms with Crippen LogP contribution in [0, 0.1) is 0 Å². The Morgan fingerprint density at radius 2 is 1.02 bits per heavy atom. The van der Waals surface area contributed by atoms with E-state index >= 15 is 0 Å². The molecule has 2 heterocycles. The summed E-state index contributed by atoms with van der Waals surface area (Å²) in [6, 6.07) is 13.7. The molecule has 2 atom stereocenters. The molecule has 0 unspecified atom stereocenters. The van der Waals surface area contributed by atoms with E-state index in [1.165, 1.54) is 0 Å². The van der Waals surface area contributed by atoms with Crippen molar-refractivity contribution in [3.05, 3.63) is 85.0 Å². The van der Waals surface area contributed by atoms with E-state index in [0.29, 0.717) is 22.5 Å². The van der Waals surface area contributed by atoms with Gasteiger partial charge in [0.05, 0.1) is 22.2 Å². The van der Waals surface area contributed by atoms with E-state index in [2.05, 4.69) is 13.2 Å². The average molecular weight is 545 g/mol. The van der Waals surface area contributed by atoms with Crippen LogP contribution in [0.15, 0.2) is 73.8 Å². The van der Waals surface area contributed by atoms with Gasteiger partial charge in [-0.15, -0.1) is 13.2 Å². The van der Waals surface area contributed by atoms with Crippen molar-refractivity contribution in [1.82, 2.24) is 0 Å². The van der Waals surface area contributed by atoms with E-state index in [4.69, 9.17) is 9.47 Å². The fraction of sp³-hybridized carbons (Fsp3) is 0.375. The minimum absolute atomic E-state index is 0.00177. The number of carbonyl (C=O) groups excluding carboxylic acids is 4. The van der Waals surface area contributed by atoms with Gasteiger partial charge in [-0.25, -0.2) is 19.4 Å². The van der Waals surface area contributed by atoms with Gasteiger partial charge < -0.3 is 9.47 Å². The fourth-order valence-electron chi connectivity index (χ4n) is 5.87. The molecule has 4 rings (SSSR count). The topological polar surface area (TPSA) is 93.2 Å². The molecule has 210 valence electrons. The van der Waals surface area contributed by atoms with Crippen LogP contribution in [0.1, 0.15) is 65.5 Å². The Bertz CT molecular complexity index is 1310. The van der Waals surface area contributed by atoms with Gasteiger partial charge in [-0.05, 0) is 77.6 Å². The number of hydrogen-bond donors (Lipinski definition) is 0. The summed E-state index contributed by atoms with van der Waals surface area (Å²) in [6.45, 7) is 18.1. The van der Waals surface area contributed by atoms with Crippen LogP contribution in [-0.4, -0.2) is 35.2 Å². The van der Waals surface area contributed by atoms with Gasteiger partial charge in [0.1, 0.15) is 11.2 Å². The standard InChI is InChI=1S/C32H36N2O6/c1-9-19-31(21-15-11-13-17-23(21)33(25(31)35)27(37)39-29(3,4)5)32(20-10-2)22-16-12-14-18-24(22)34(26(32)36)28(38)40-30(6,7)8/h9-18H,1-2,19-20H2,3-8H3/t31-,32-/m1/s1. The van der Waals surface area contributed by atoms with E-state index in [1.54, 1.807) is 102 Å². The molecule has 0 radical (unpaired) electrons. The van der Waals surface area contributed by atoms with Gasteiger partial charge in [0.15, 0.2) is 0 Å². The van der Waals surface area contributed by atoms with Crippen molar-refractivity contribution in [3.63, 3.8) is 0 Å². The number of anilines is 2. The lowest BCUT2D eigenvalue weighted by Crippen LogP contribution is -2.61.